The molecule has 4 aromatic rings. The Labute approximate surface area is 184 Å². The van der Waals surface area contributed by atoms with E-state index in [0.29, 0.717) is 29.5 Å². The molecule has 0 unspecified atom stereocenters. The highest BCUT2D eigenvalue weighted by molar-refractivity contribution is 6.32. The van der Waals surface area contributed by atoms with Gasteiger partial charge in [0.1, 0.15) is 17.4 Å². The molecule has 4 rings (SSSR count). The van der Waals surface area contributed by atoms with E-state index < -0.39 is 0 Å². The number of benzene rings is 3. The second-order valence-corrected chi connectivity index (χ2v) is 7.40. The van der Waals surface area contributed by atoms with E-state index in [-0.39, 0.29) is 18.3 Å². The van der Waals surface area contributed by atoms with Gasteiger partial charge in [-0.1, -0.05) is 35.9 Å². The van der Waals surface area contributed by atoms with Crippen LogP contribution in [0, 0.1) is 5.82 Å². The molecule has 0 aliphatic heterocycles. The molecule has 7 heteroatoms. The predicted molar refractivity (Wildman–Crippen MR) is 119 cm³/mol. The molecule has 3 aromatic carbocycles. The number of aromatic nitrogens is 2. The molecular formula is C24H21ClFN3O2. The van der Waals surface area contributed by atoms with Crippen LogP contribution in [0.4, 0.5) is 4.39 Å². The fourth-order valence-corrected chi connectivity index (χ4v) is 3.53. The fraction of sp³-hybridized carbons (Fsp3) is 0.167. The minimum Gasteiger partial charge on any atom is -0.492 e. The average Bonchev–Trinajstić information content (AvgIpc) is 3.14. The van der Waals surface area contributed by atoms with Gasteiger partial charge in [-0.3, -0.25) is 4.79 Å². The summed E-state index contributed by atoms with van der Waals surface area (Å²) >= 11 is 6.13. The maximum Gasteiger partial charge on any atom is 0.251 e. The molecule has 0 aliphatic rings. The van der Waals surface area contributed by atoms with E-state index in [2.05, 4.69) is 14.9 Å². The number of fused-ring (bicyclic) bond motifs is 1. The summed E-state index contributed by atoms with van der Waals surface area (Å²) in [6, 6.07) is 20.7. The lowest BCUT2D eigenvalue weighted by Crippen LogP contribution is -2.25. The summed E-state index contributed by atoms with van der Waals surface area (Å²) in [4.78, 5) is 17.1. The Morgan fingerprint density at radius 3 is 2.58 bits per heavy atom. The van der Waals surface area contributed by atoms with Crippen LogP contribution < -0.4 is 10.1 Å². The van der Waals surface area contributed by atoms with Crippen molar-refractivity contribution < 1.29 is 13.9 Å². The van der Waals surface area contributed by atoms with Gasteiger partial charge in [0.15, 0.2) is 0 Å². The molecule has 0 saturated carbocycles. The summed E-state index contributed by atoms with van der Waals surface area (Å²) in [5.41, 5.74) is 2.25. The van der Waals surface area contributed by atoms with Gasteiger partial charge in [-0.2, -0.15) is 0 Å². The van der Waals surface area contributed by atoms with Gasteiger partial charge in [-0.15, -0.1) is 0 Å². The van der Waals surface area contributed by atoms with Crippen molar-refractivity contribution in [3.63, 3.8) is 0 Å². The third-order valence-corrected chi connectivity index (χ3v) is 5.18. The number of carbonyl (C=O) groups is 1. The van der Waals surface area contributed by atoms with Crippen molar-refractivity contribution in [2.75, 3.05) is 6.61 Å². The molecule has 158 valence electrons. The standard InChI is InChI=1S/C24H21ClFN3O2/c25-19-6-1-4-9-22(19)31-15-5-14-29-21-8-3-2-7-20(21)28-23(29)16-27-24(30)17-10-12-18(26)13-11-17/h1-4,6-13H,5,14-16H2,(H,27,30). The van der Waals surface area contributed by atoms with Crippen LogP contribution in [0.25, 0.3) is 11.0 Å². The zero-order valence-corrected chi connectivity index (χ0v) is 17.5. The Morgan fingerprint density at radius 2 is 1.77 bits per heavy atom. The SMILES string of the molecule is O=C(NCc1nc2ccccc2n1CCCOc1ccccc1Cl)c1ccc(F)cc1. The smallest absolute Gasteiger partial charge is 0.251 e. The second-order valence-electron chi connectivity index (χ2n) is 6.99. The first-order valence-electron chi connectivity index (χ1n) is 9.97. The second kappa shape index (κ2) is 9.62. The van der Waals surface area contributed by atoms with Gasteiger partial charge >= 0.3 is 0 Å². The molecule has 1 amide bonds. The largest absolute Gasteiger partial charge is 0.492 e. The summed E-state index contributed by atoms with van der Waals surface area (Å²) in [6.45, 7) is 1.43. The first-order chi connectivity index (χ1) is 15.1. The lowest BCUT2D eigenvalue weighted by atomic mass is 10.2. The summed E-state index contributed by atoms with van der Waals surface area (Å²) in [7, 11) is 0. The fourth-order valence-electron chi connectivity index (χ4n) is 3.34. The van der Waals surface area contributed by atoms with Crippen molar-refractivity contribution in [1.82, 2.24) is 14.9 Å². The van der Waals surface area contributed by atoms with Crippen LogP contribution in [0.3, 0.4) is 0 Å². The van der Waals surface area contributed by atoms with Gasteiger partial charge in [0, 0.05) is 12.1 Å². The molecule has 1 heterocycles. The van der Waals surface area contributed by atoms with Crippen LogP contribution in [0.1, 0.15) is 22.6 Å². The number of aryl methyl sites for hydroxylation is 1. The van der Waals surface area contributed by atoms with E-state index in [1.807, 2.05) is 42.5 Å². The normalized spacial score (nSPS) is 10.9. The van der Waals surface area contributed by atoms with E-state index in [4.69, 9.17) is 16.3 Å². The molecule has 5 nitrogen and oxygen atoms in total. The Bertz CT molecular complexity index is 1190. The van der Waals surface area contributed by atoms with Crippen LogP contribution in [0.15, 0.2) is 72.8 Å². The Hall–Kier alpha value is -3.38. The topological polar surface area (TPSA) is 56.2 Å². The number of nitrogens with one attached hydrogen (secondary N) is 1. The lowest BCUT2D eigenvalue weighted by molar-refractivity contribution is 0.0949. The Morgan fingerprint density at radius 1 is 1.03 bits per heavy atom. The van der Waals surface area contributed by atoms with Gasteiger partial charge in [0.2, 0.25) is 0 Å². The van der Waals surface area contributed by atoms with E-state index in [1.54, 1.807) is 6.07 Å². The highest BCUT2D eigenvalue weighted by atomic mass is 35.5. The van der Waals surface area contributed by atoms with E-state index in [1.165, 1.54) is 24.3 Å². The van der Waals surface area contributed by atoms with Crippen molar-refractivity contribution in [1.29, 1.82) is 0 Å². The highest BCUT2D eigenvalue weighted by Gasteiger charge is 2.13. The van der Waals surface area contributed by atoms with Gasteiger partial charge in [0.25, 0.3) is 5.91 Å². The third kappa shape index (κ3) is 5.03. The van der Waals surface area contributed by atoms with Crippen molar-refractivity contribution in [2.45, 2.75) is 19.5 Å². The number of para-hydroxylation sites is 3. The number of rotatable bonds is 8. The van der Waals surface area contributed by atoms with E-state index in [0.717, 1.165) is 23.3 Å². The maximum atomic E-state index is 13.1. The number of nitrogens with zero attached hydrogens (tertiary/aromatic N) is 2. The molecule has 31 heavy (non-hydrogen) atoms. The summed E-state index contributed by atoms with van der Waals surface area (Å²) in [5, 5.41) is 3.45. The molecule has 0 radical (unpaired) electrons. The molecule has 0 aliphatic carbocycles. The molecular weight excluding hydrogens is 417 g/mol. The molecule has 0 atom stereocenters. The van der Waals surface area contributed by atoms with Crippen molar-refractivity contribution >= 4 is 28.5 Å². The zero-order chi connectivity index (χ0) is 21.6. The molecule has 0 fully saturated rings. The molecule has 1 N–H and O–H groups in total. The lowest BCUT2D eigenvalue weighted by Gasteiger charge is -2.12. The predicted octanol–water partition coefficient (Wildman–Crippen LogP) is 5.23. The monoisotopic (exact) mass is 437 g/mol. The third-order valence-electron chi connectivity index (χ3n) is 4.87. The molecule has 0 bridgehead atoms. The van der Waals surface area contributed by atoms with Crippen molar-refractivity contribution in [3.8, 4) is 5.75 Å². The van der Waals surface area contributed by atoms with Crippen molar-refractivity contribution in [3.05, 3.63) is 95.0 Å². The number of hydrogen-bond donors (Lipinski definition) is 1. The van der Waals surface area contributed by atoms with Crippen LogP contribution in [0.5, 0.6) is 5.75 Å². The summed E-state index contributed by atoms with van der Waals surface area (Å²) in [6.07, 6.45) is 0.741. The van der Waals surface area contributed by atoms with Gasteiger partial charge < -0.3 is 14.6 Å². The molecule has 1 aromatic heterocycles. The van der Waals surface area contributed by atoms with Gasteiger partial charge in [-0.05, 0) is 55.0 Å². The van der Waals surface area contributed by atoms with Crippen LogP contribution in [0.2, 0.25) is 5.02 Å². The quantitative estimate of drug-likeness (QED) is 0.384. The van der Waals surface area contributed by atoms with Crippen molar-refractivity contribution in [2.24, 2.45) is 0 Å². The maximum absolute atomic E-state index is 13.1. The number of carbonyl (C=O) groups excluding carboxylic acids is 1. The average molecular weight is 438 g/mol. The van der Waals surface area contributed by atoms with Crippen LogP contribution >= 0.6 is 11.6 Å². The summed E-state index contributed by atoms with van der Waals surface area (Å²) in [5.74, 6) is 0.749. The minimum atomic E-state index is -0.377. The summed E-state index contributed by atoms with van der Waals surface area (Å²) < 4.78 is 21.0. The Balaban J connectivity index is 1.43. The van der Waals surface area contributed by atoms with E-state index in [9.17, 15) is 9.18 Å². The highest BCUT2D eigenvalue weighted by Crippen LogP contribution is 2.23. The first-order valence-corrected chi connectivity index (χ1v) is 10.3. The number of halogens is 2. The first kappa shape index (κ1) is 20.9. The van der Waals surface area contributed by atoms with Gasteiger partial charge in [-0.25, -0.2) is 9.37 Å². The Kier molecular flexibility index (Phi) is 6.48. The number of hydrogen-bond acceptors (Lipinski definition) is 3. The number of amides is 1. The van der Waals surface area contributed by atoms with Crippen LogP contribution in [-0.4, -0.2) is 22.1 Å². The molecule has 0 saturated heterocycles. The van der Waals surface area contributed by atoms with Crippen LogP contribution in [-0.2, 0) is 13.1 Å². The number of ether oxygens (including phenoxy) is 1. The van der Waals surface area contributed by atoms with E-state index >= 15 is 0 Å². The van der Waals surface area contributed by atoms with Gasteiger partial charge in [0.05, 0.1) is 29.2 Å². The number of imidazole rings is 1. The molecule has 0 spiro atoms. The minimum absolute atomic E-state index is 0.260. The zero-order valence-electron chi connectivity index (χ0n) is 16.7.